The molecule has 31 heavy (non-hydrogen) atoms. The number of nitrogens with zero attached hydrogens (tertiary/aromatic N) is 2. The van der Waals surface area contributed by atoms with Crippen LogP contribution < -0.4 is 5.43 Å². The number of aliphatic carboxylic acids is 1. The van der Waals surface area contributed by atoms with E-state index in [2.05, 4.69) is 22.6 Å². The van der Waals surface area contributed by atoms with E-state index in [1.54, 1.807) is 17.1 Å². The SMILES string of the molecule is O=C(O)/C=C1/SC(N2NC3=C(CCCc4ccccc43)[C@@H]2c2ccc(F)cc2)=NC1=O. The highest BCUT2D eigenvalue weighted by molar-refractivity contribution is 8.18. The lowest BCUT2D eigenvalue weighted by atomic mass is 9.94. The Hall–Kier alpha value is -3.39. The minimum absolute atomic E-state index is 0.0599. The fourth-order valence-corrected chi connectivity index (χ4v) is 5.13. The number of carbonyl (C=O) groups is 2. The zero-order valence-electron chi connectivity index (χ0n) is 16.3. The molecule has 0 saturated heterocycles. The molecule has 2 aromatic carbocycles. The minimum Gasteiger partial charge on any atom is -0.478 e. The second-order valence-electron chi connectivity index (χ2n) is 7.50. The highest BCUT2D eigenvalue weighted by Gasteiger charge is 2.40. The van der Waals surface area contributed by atoms with Crippen LogP contribution in [0.4, 0.5) is 4.39 Å². The van der Waals surface area contributed by atoms with Crippen LogP contribution in [0.25, 0.3) is 5.70 Å². The quantitative estimate of drug-likeness (QED) is 0.693. The molecule has 2 N–H and O–H groups in total. The van der Waals surface area contributed by atoms with Gasteiger partial charge in [-0.1, -0.05) is 36.4 Å². The van der Waals surface area contributed by atoms with Crippen LogP contribution in [0.15, 0.2) is 70.1 Å². The molecule has 1 atom stereocenters. The zero-order chi connectivity index (χ0) is 21.5. The maximum Gasteiger partial charge on any atom is 0.329 e. The molecule has 3 aliphatic rings. The van der Waals surface area contributed by atoms with Gasteiger partial charge in [-0.05, 0) is 59.9 Å². The average Bonchev–Trinajstić information content (AvgIpc) is 3.23. The van der Waals surface area contributed by atoms with E-state index < -0.39 is 11.9 Å². The van der Waals surface area contributed by atoms with E-state index in [9.17, 15) is 14.0 Å². The molecule has 0 saturated carbocycles. The molecule has 0 unspecified atom stereocenters. The van der Waals surface area contributed by atoms with Crippen molar-refractivity contribution in [3.63, 3.8) is 0 Å². The number of nitrogens with one attached hydrogen (secondary N) is 1. The van der Waals surface area contributed by atoms with Gasteiger partial charge in [0.05, 0.1) is 10.6 Å². The smallest absolute Gasteiger partial charge is 0.329 e. The van der Waals surface area contributed by atoms with E-state index in [0.29, 0.717) is 5.17 Å². The summed E-state index contributed by atoms with van der Waals surface area (Å²) in [6.07, 6.45) is 3.63. The summed E-state index contributed by atoms with van der Waals surface area (Å²) in [6.45, 7) is 0. The summed E-state index contributed by atoms with van der Waals surface area (Å²) in [5, 5.41) is 11.2. The van der Waals surface area contributed by atoms with Crippen LogP contribution in [0.3, 0.4) is 0 Å². The molecule has 156 valence electrons. The van der Waals surface area contributed by atoms with Crippen LogP contribution in [0, 0.1) is 5.82 Å². The molecule has 0 spiro atoms. The first-order valence-corrected chi connectivity index (χ1v) is 10.7. The largest absolute Gasteiger partial charge is 0.478 e. The van der Waals surface area contributed by atoms with E-state index in [0.717, 1.165) is 59.5 Å². The summed E-state index contributed by atoms with van der Waals surface area (Å²) in [6, 6.07) is 14.2. The number of fused-ring (bicyclic) bond motifs is 2. The number of hydrogen-bond donors (Lipinski definition) is 2. The van der Waals surface area contributed by atoms with Crippen LogP contribution in [-0.4, -0.2) is 27.2 Å². The summed E-state index contributed by atoms with van der Waals surface area (Å²) in [4.78, 5) is 27.5. The first-order valence-electron chi connectivity index (χ1n) is 9.89. The number of halogens is 1. The van der Waals surface area contributed by atoms with Gasteiger partial charge >= 0.3 is 5.97 Å². The Morgan fingerprint density at radius 3 is 2.74 bits per heavy atom. The van der Waals surface area contributed by atoms with Crippen molar-refractivity contribution >= 4 is 34.5 Å². The Morgan fingerprint density at radius 2 is 1.97 bits per heavy atom. The van der Waals surface area contributed by atoms with Gasteiger partial charge < -0.3 is 5.11 Å². The van der Waals surface area contributed by atoms with Gasteiger partial charge in [0, 0.05) is 11.6 Å². The molecule has 0 radical (unpaired) electrons. The number of rotatable bonds is 2. The molecule has 0 aromatic heterocycles. The summed E-state index contributed by atoms with van der Waals surface area (Å²) >= 11 is 1.02. The molecule has 1 aliphatic carbocycles. The van der Waals surface area contributed by atoms with Gasteiger partial charge in [-0.2, -0.15) is 4.99 Å². The molecular weight excluding hydrogens is 417 g/mol. The average molecular weight is 435 g/mol. The number of carboxylic acids is 1. The van der Waals surface area contributed by atoms with Gasteiger partial charge in [0.2, 0.25) is 0 Å². The standard InChI is InChI=1S/C23H18FN3O3S/c24-15-10-8-14(9-11-15)21-17-7-3-5-13-4-1-2-6-16(13)20(17)26-27(21)23-25-22(30)18(31-23)12-19(28)29/h1-2,4,6,8-12,21,26H,3,5,7H2,(H,28,29)/b18-12+/t21-/m0/s1. The van der Waals surface area contributed by atoms with Crippen molar-refractivity contribution in [2.24, 2.45) is 4.99 Å². The topological polar surface area (TPSA) is 82.0 Å². The Bertz CT molecular complexity index is 1190. The van der Waals surface area contributed by atoms with Crippen molar-refractivity contribution in [1.82, 2.24) is 10.4 Å². The second kappa shape index (κ2) is 7.70. The Labute approximate surface area is 182 Å². The van der Waals surface area contributed by atoms with E-state index in [1.807, 2.05) is 12.1 Å². The number of aliphatic imine (C=N–C) groups is 1. The fourth-order valence-electron chi connectivity index (χ4n) is 4.26. The summed E-state index contributed by atoms with van der Waals surface area (Å²) in [5.74, 6) is -2.10. The first-order chi connectivity index (χ1) is 15.0. The molecule has 5 rings (SSSR count). The van der Waals surface area contributed by atoms with Crippen molar-refractivity contribution in [3.05, 3.63) is 87.6 Å². The fraction of sp³-hybridized carbons (Fsp3) is 0.174. The highest BCUT2D eigenvalue weighted by atomic mass is 32.2. The predicted octanol–water partition coefficient (Wildman–Crippen LogP) is 4.03. The minimum atomic E-state index is -1.19. The molecular formula is C23H18FN3O3S. The molecule has 2 aromatic rings. The highest BCUT2D eigenvalue weighted by Crippen LogP contribution is 2.45. The lowest BCUT2D eigenvalue weighted by molar-refractivity contribution is -0.131. The van der Waals surface area contributed by atoms with Gasteiger partial charge in [0.25, 0.3) is 5.91 Å². The molecule has 1 amide bonds. The van der Waals surface area contributed by atoms with Crippen molar-refractivity contribution in [2.75, 3.05) is 0 Å². The second-order valence-corrected chi connectivity index (χ2v) is 8.50. The van der Waals surface area contributed by atoms with Crippen molar-refractivity contribution in [3.8, 4) is 0 Å². The Morgan fingerprint density at radius 1 is 1.19 bits per heavy atom. The number of hydrogen-bond acceptors (Lipinski definition) is 5. The van der Waals surface area contributed by atoms with Crippen LogP contribution in [0.2, 0.25) is 0 Å². The van der Waals surface area contributed by atoms with Gasteiger partial charge in [-0.3, -0.25) is 15.2 Å². The van der Waals surface area contributed by atoms with Crippen molar-refractivity contribution in [2.45, 2.75) is 25.3 Å². The third-order valence-corrected chi connectivity index (χ3v) is 6.56. The number of amidine groups is 1. The number of carbonyl (C=O) groups excluding carboxylic acids is 1. The number of aryl methyl sites for hydroxylation is 1. The third kappa shape index (κ3) is 3.53. The molecule has 2 heterocycles. The summed E-state index contributed by atoms with van der Waals surface area (Å²) < 4.78 is 13.6. The Kier molecular flexibility index (Phi) is 4.86. The van der Waals surface area contributed by atoms with Crippen LogP contribution in [0.5, 0.6) is 0 Å². The lowest BCUT2D eigenvalue weighted by Crippen LogP contribution is -2.38. The lowest BCUT2D eigenvalue weighted by Gasteiger charge is -2.28. The molecule has 2 aliphatic heterocycles. The summed E-state index contributed by atoms with van der Waals surface area (Å²) in [5.41, 5.74) is 8.74. The van der Waals surface area contributed by atoms with Gasteiger partial charge in [-0.25, -0.2) is 9.18 Å². The maximum atomic E-state index is 13.6. The number of thioether (sulfide) groups is 1. The maximum absolute atomic E-state index is 13.6. The van der Waals surface area contributed by atoms with Crippen molar-refractivity contribution < 1.29 is 19.1 Å². The molecule has 0 fully saturated rings. The normalized spacial score (nSPS) is 21.5. The van der Waals surface area contributed by atoms with Crippen LogP contribution in [0.1, 0.15) is 35.6 Å². The summed E-state index contributed by atoms with van der Waals surface area (Å²) in [7, 11) is 0. The molecule has 8 heteroatoms. The van der Waals surface area contributed by atoms with Gasteiger partial charge in [0.1, 0.15) is 11.9 Å². The molecule has 0 bridgehead atoms. The number of amides is 1. The van der Waals surface area contributed by atoms with Crippen LogP contribution in [-0.2, 0) is 16.0 Å². The number of hydrazine groups is 1. The van der Waals surface area contributed by atoms with E-state index in [-0.39, 0.29) is 16.8 Å². The number of benzene rings is 2. The van der Waals surface area contributed by atoms with E-state index >= 15 is 0 Å². The Balaban J connectivity index is 1.60. The zero-order valence-corrected chi connectivity index (χ0v) is 17.2. The monoisotopic (exact) mass is 435 g/mol. The number of carboxylic acid groups (broad SMARTS) is 1. The predicted molar refractivity (Wildman–Crippen MR) is 116 cm³/mol. The first kappa shape index (κ1) is 19.6. The van der Waals surface area contributed by atoms with Crippen molar-refractivity contribution in [1.29, 1.82) is 0 Å². The van der Waals surface area contributed by atoms with Gasteiger partial charge in [-0.15, -0.1) is 0 Å². The van der Waals surface area contributed by atoms with E-state index in [1.165, 1.54) is 17.7 Å². The van der Waals surface area contributed by atoms with Gasteiger partial charge in [0.15, 0.2) is 5.17 Å². The van der Waals surface area contributed by atoms with E-state index in [4.69, 9.17) is 5.11 Å². The molecule has 6 nitrogen and oxygen atoms in total. The van der Waals surface area contributed by atoms with Crippen LogP contribution >= 0.6 is 11.8 Å². The third-order valence-electron chi connectivity index (χ3n) is 5.58.